The van der Waals surface area contributed by atoms with Crippen molar-refractivity contribution in [1.29, 1.82) is 0 Å². The van der Waals surface area contributed by atoms with Crippen molar-refractivity contribution in [2.24, 2.45) is 5.92 Å². The average Bonchev–Trinajstić information content (AvgIpc) is 3.66. The number of benzene rings is 3. The van der Waals surface area contributed by atoms with Gasteiger partial charge in [0, 0.05) is 37.1 Å². The highest BCUT2D eigenvalue weighted by Crippen LogP contribution is 2.33. The van der Waals surface area contributed by atoms with Crippen LogP contribution in [0.25, 0.3) is 28.0 Å². The fraction of sp³-hybridized carbons (Fsp3) is 0.219. The van der Waals surface area contributed by atoms with Crippen LogP contribution < -0.4 is 15.4 Å². The molecule has 5 aromatic rings. The number of anilines is 2. The molecule has 0 spiro atoms. The van der Waals surface area contributed by atoms with Gasteiger partial charge in [-0.2, -0.15) is 5.10 Å². The predicted octanol–water partition coefficient (Wildman–Crippen LogP) is 5.19. The maximum Gasteiger partial charge on any atom is 0.169 e. The number of carbonyl (C=O) groups is 2. The molecule has 2 N–H and O–H groups in total. The van der Waals surface area contributed by atoms with E-state index in [1.54, 1.807) is 12.1 Å². The number of Topliss-reactive ketones (excluding diaryl/α,β-unsaturated/α-hetero) is 1. The molecule has 1 aliphatic rings. The van der Waals surface area contributed by atoms with Gasteiger partial charge in [0.1, 0.15) is 41.5 Å². The maximum atomic E-state index is 15.3. The first-order valence-corrected chi connectivity index (χ1v) is 13.8. The summed E-state index contributed by atoms with van der Waals surface area (Å²) in [7, 11) is 1.44. The lowest BCUT2D eigenvalue weighted by molar-refractivity contribution is -0.110. The van der Waals surface area contributed by atoms with Crippen molar-refractivity contribution < 1.29 is 23.1 Å². The molecule has 0 unspecified atom stereocenters. The molecule has 1 aliphatic heterocycles. The number of nitrogens with zero attached hydrogens (tertiary/aromatic N) is 5. The first kappa shape index (κ1) is 28.0. The molecule has 218 valence electrons. The molecule has 1 fully saturated rings. The molecule has 9 nitrogen and oxygen atoms in total. The fourth-order valence-electron chi connectivity index (χ4n) is 5.48. The van der Waals surface area contributed by atoms with Crippen LogP contribution in [0.2, 0.25) is 0 Å². The monoisotopic (exact) mass is 582 g/mol. The summed E-state index contributed by atoms with van der Waals surface area (Å²) in [4.78, 5) is 34.3. The summed E-state index contributed by atoms with van der Waals surface area (Å²) in [5, 5.41) is 5.29. The zero-order valence-corrected chi connectivity index (χ0v) is 23.3. The lowest BCUT2D eigenvalue weighted by atomic mass is 10.00. The van der Waals surface area contributed by atoms with Gasteiger partial charge in [0.25, 0.3) is 0 Å². The van der Waals surface area contributed by atoms with E-state index >= 15 is 4.39 Å². The molecular formula is C32H28F2N6O3. The van der Waals surface area contributed by atoms with Crippen molar-refractivity contribution in [3.8, 4) is 22.7 Å². The Hall–Kier alpha value is -5.19. The van der Waals surface area contributed by atoms with Gasteiger partial charge in [-0.15, -0.1) is 0 Å². The number of rotatable bonds is 9. The highest BCUT2D eigenvalue weighted by atomic mass is 19.1. The number of hydrogen-bond acceptors (Lipinski definition) is 8. The smallest absolute Gasteiger partial charge is 0.169 e. The van der Waals surface area contributed by atoms with Gasteiger partial charge in [-0.1, -0.05) is 24.3 Å². The Morgan fingerprint density at radius 2 is 1.91 bits per heavy atom. The van der Waals surface area contributed by atoms with Gasteiger partial charge in [0.05, 0.1) is 29.4 Å². The molecule has 0 radical (unpaired) electrons. The molecule has 1 saturated heterocycles. The van der Waals surface area contributed by atoms with Gasteiger partial charge in [0.2, 0.25) is 0 Å². The molecule has 0 bridgehead atoms. The van der Waals surface area contributed by atoms with Crippen LogP contribution in [-0.2, 0) is 11.2 Å². The third-order valence-electron chi connectivity index (χ3n) is 7.76. The number of ketones is 1. The van der Waals surface area contributed by atoms with Crippen LogP contribution in [-0.4, -0.2) is 52.0 Å². The largest absolute Gasteiger partial charge is 0.496 e. The molecule has 1 atom stereocenters. The van der Waals surface area contributed by atoms with Crippen LogP contribution in [0.3, 0.4) is 0 Å². The van der Waals surface area contributed by atoms with Gasteiger partial charge in [0.15, 0.2) is 11.4 Å². The zero-order valence-electron chi connectivity index (χ0n) is 23.3. The van der Waals surface area contributed by atoms with Gasteiger partial charge in [-0.3, -0.25) is 4.79 Å². The topological polar surface area (TPSA) is 116 Å². The predicted molar refractivity (Wildman–Crippen MR) is 158 cm³/mol. The highest BCUT2D eigenvalue weighted by molar-refractivity contribution is 5.99. The number of methoxy groups -OCH3 is 1. The molecule has 11 heteroatoms. The van der Waals surface area contributed by atoms with E-state index in [4.69, 9.17) is 15.6 Å². The van der Waals surface area contributed by atoms with Crippen LogP contribution in [0.1, 0.15) is 28.8 Å². The number of nitrogen functional groups attached to an aromatic ring is 1. The molecule has 3 aromatic carbocycles. The lowest BCUT2D eigenvalue weighted by Gasteiger charge is -2.19. The van der Waals surface area contributed by atoms with Crippen LogP contribution in [0.15, 0.2) is 67.0 Å². The van der Waals surface area contributed by atoms with Crippen LogP contribution in [0.5, 0.6) is 5.75 Å². The summed E-state index contributed by atoms with van der Waals surface area (Å²) in [5.41, 5.74) is 9.96. The number of aryl methyl sites for hydroxylation is 1. The molecule has 3 heterocycles. The van der Waals surface area contributed by atoms with Crippen molar-refractivity contribution in [3.63, 3.8) is 0 Å². The van der Waals surface area contributed by atoms with Crippen LogP contribution in [0, 0.1) is 17.6 Å². The number of halogens is 2. The van der Waals surface area contributed by atoms with Crippen molar-refractivity contribution in [1.82, 2.24) is 19.7 Å². The van der Waals surface area contributed by atoms with E-state index in [0.717, 1.165) is 17.4 Å². The Balaban J connectivity index is 1.26. The normalized spacial score (nSPS) is 14.8. The average molecular weight is 583 g/mol. The van der Waals surface area contributed by atoms with Crippen molar-refractivity contribution in [3.05, 3.63) is 89.8 Å². The Morgan fingerprint density at radius 3 is 2.63 bits per heavy atom. The Labute approximate surface area is 245 Å². The molecule has 43 heavy (non-hydrogen) atoms. The Kier molecular flexibility index (Phi) is 7.54. The quantitative estimate of drug-likeness (QED) is 0.186. The van der Waals surface area contributed by atoms with E-state index in [1.165, 1.54) is 42.4 Å². The first-order valence-electron chi connectivity index (χ1n) is 13.8. The zero-order chi connectivity index (χ0) is 30.1. The lowest BCUT2D eigenvalue weighted by Crippen LogP contribution is -2.21. The SMILES string of the molecule is COc1ccc(F)cc1C(=O)CCc1ccc(-c2nn(-c3ccc(N4CC[C@@H](C=O)C4)c(F)c3)c3ncnc(N)c23)cc1. The van der Waals surface area contributed by atoms with Crippen LogP contribution >= 0.6 is 0 Å². The summed E-state index contributed by atoms with van der Waals surface area (Å²) >= 11 is 0. The number of aromatic nitrogens is 4. The van der Waals surface area contributed by atoms with Gasteiger partial charge >= 0.3 is 0 Å². The number of nitrogens with two attached hydrogens (primary N) is 1. The Bertz CT molecular complexity index is 1840. The third-order valence-corrected chi connectivity index (χ3v) is 7.76. The second-order valence-electron chi connectivity index (χ2n) is 10.4. The third kappa shape index (κ3) is 5.41. The van der Waals surface area contributed by atoms with Crippen molar-refractivity contribution in [2.75, 3.05) is 30.8 Å². The van der Waals surface area contributed by atoms with Crippen molar-refractivity contribution >= 4 is 34.6 Å². The minimum atomic E-state index is -0.499. The van der Waals surface area contributed by atoms with E-state index in [-0.39, 0.29) is 29.5 Å². The van der Waals surface area contributed by atoms with E-state index in [1.807, 2.05) is 29.2 Å². The van der Waals surface area contributed by atoms with E-state index in [2.05, 4.69) is 9.97 Å². The molecule has 2 aromatic heterocycles. The number of ether oxygens (including phenoxy) is 1. The summed E-state index contributed by atoms with van der Waals surface area (Å²) in [6, 6.07) is 16.2. The number of fused-ring (bicyclic) bond motifs is 1. The summed E-state index contributed by atoms with van der Waals surface area (Å²) in [5.74, 6) is -0.672. The van der Waals surface area contributed by atoms with Gasteiger partial charge in [-0.05, 0) is 48.7 Å². The first-order chi connectivity index (χ1) is 20.9. The van der Waals surface area contributed by atoms with E-state index in [0.29, 0.717) is 59.8 Å². The van der Waals surface area contributed by atoms with Gasteiger partial charge < -0.3 is 20.2 Å². The number of hydrogen-bond donors (Lipinski definition) is 1. The minimum absolute atomic E-state index is 0.0970. The van der Waals surface area contributed by atoms with Crippen LogP contribution in [0.4, 0.5) is 20.3 Å². The molecule has 0 aliphatic carbocycles. The maximum absolute atomic E-state index is 15.3. The summed E-state index contributed by atoms with van der Waals surface area (Å²) < 4.78 is 35.8. The summed E-state index contributed by atoms with van der Waals surface area (Å²) in [6.45, 7) is 1.10. The standard InChI is InChI=1S/C32H28F2N6O3/c1-43-28-11-7-22(33)14-24(28)27(42)10-4-19-2-5-21(6-3-19)30-29-31(35)36-18-37-32(29)40(38-30)23-8-9-26(25(34)15-23)39-13-12-20(16-39)17-41/h2-3,5-9,11,14-15,17-18,20H,4,10,12-13,16H2,1H3,(H2,35,36,37)/t20-/m1/s1. The summed E-state index contributed by atoms with van der Waals surface area (Å²) in [6.07, 6.45) is 3.57. The van der Waals surface area contributed by atoms with E-state index < -0.39 is 11.6 Å². The molecule has 6 rings (SSSR count). The second-order valence-corrected chi connectivity index (χ2v) is 10.4. The minimum Gasteiger partial charge on any atom is -0.496 e. The van der Waals surface area contributed by atoms with Gasteiger partial charge in [-0.25, -0.2) is 23.4 Å². The van der Waals surface area contributed by atoms with E-state index in [9.17, 15) is 14.0 Å². The van der Waals surface area contributed by atoms with Crippen molar-refractivity contribution in [2.45, 2.75) is 19.3 Å². The Morgan fingerprint density at radius 1 is 1.09 bits per heavy atom. The highest BCUT2D eigenvalue weighted by Gasteiger charge is 2.25. The number of carbonyl (C=O) groups excluding carboxylic acids is 2. The second kappa shape index (κ2) is 11.6. The molecule has 0 saturated carbocycles. The fourth-order valence-corrected chi connectivity index (χ4v) is 5.48. The molecule has 0 amide bonds. The number of aldehydes is 1. The molecular weight excluding hydrogens is 554 g/mol.